The van der Waals surface area contributed by atoms with Crippen molar-refractivity contribution in [1.82, 2.24) is 4.98 Å². The Labute approximate surface area is 119 Å². The first-order valence-corrected chi connectivity index (χ1v) is 6.54. The van der Waals surface area contributed by atoms with Crippen LogP contribution in [-0.4, -0.2) is 17.9 Å². The van der Waals surface area contributed by atoms with Gasteiger partial charge < -0.3 is 10.6 Å². The van der Waals surface area contributed by atoms with E-state index in [0.717, 1.165) is 22.5 Å². The molecular weight excluding hydrogens is 250 g/mol. The van der Waals surface area contributed by atoms with Gasteiger partial charge in [0.2, 0.25) is 0 Å². The predicted octanol–water partition coefficient (Wildman–Crippen LogP) is 3.30. The number of nitrogens with zero attached hydrogens (tertiary/aromatic N) is 1. The van der Waals surface area contributed by atoms with Crippen LogP contribution in [0.15, 0.2) is 30.3 Å². The number of hydrogen-bond acceptors (Lipinski definition) is 3. The summed E-state index contributed by atoms with van der Waals surface area (Å²) in [5.74, 6) is 0.441. The van der Waals surface area contributed by atoms with Crippen molar-refractivity contribution in [2.45, 2.75) is 20.8 Å². The largest absolute Gasteiger partial charge is 0.388 e. The lowest BCUT2D eigenvalue weighted by Gasteiger charge is -2.09. The van der Waals surface area contributed by atoms with Gasteiger partial charge in [-0.05, 0) is 62.2 Å². The van der Waals surface area contributed by atoms with Gasteiger partial charge in [-0.25, -0.2) is 4.98 Å². The Morgan fingerprint density at radius 1 is 1.10 bits per heavy atom. The summed E-state index contributed by atoms with van der Waals surface area (Å²) in [6.07, 6.45) is 0. The summed E-state index contributed by atoms with van der Waals surface area (Å²) in [6, 6.07) is 9.40. The van der Waals surface area contributed by atoms with Gasteiger partial charge in [-0.15, -0.1) is 0 Å². The topological polar surface area (TPSA) is 54.0 Å². The highest BCUT2D eigenvalue weighted by Crippen LogP contribution is 2.17. The van der Waals surface area contributed by atoms with E-state index in [1.807, 2.05) is 52.1 Å². The Morgan fingerprint density at radius 3 is 2.45 bits per heavy atom. The van der Waals surface area contributed by atoms with Crippen LogP contribution in [0, 0.1) is 20.8 Å². The van der Waals surface area contributed by atoms with Gasteiger partial charge in [0.1, 0.15) is 5.82 Å². The van der Waals surface area contributed by atoms with Gasteiger partial charge in [-0.2, -0.15) is 0 Å². The van der Waals surface area contributed by atoms with Crippen molar-refractivity contribution < 1.29 is 4.79 Å². The summed E-state index contributed by atoms with van der Waals surface area (Å²) in [4.78, 5) is 16.5. The zero-order valence-corrected chi connectivity index (χ0v) is 12.2. The fourth-order valence-electron chi connectivity index (χ4n) is 2.18. The van der Waals surface area contributed by atoms with E-state index >= 15 is 0 Å². The molecule has 2 rings (SSSR count). The van der Waals surface area contributed by atoms with E-state index in [0.29, 0.717) is 11.4 Å². The lowest BCUT2D eigenvalue weighted by atomic mass is 10.1. The van der Waals surface area contributed by atoms with Crippen molar-refractivity contribution in [3.05, 3.63) is 52.7 Å². The van der Waals surface area contributed by atoms with E-state index in [9.17, 15) is 4.79 Å². The normalized spacial score (nSPS) is 10.2. The average Bonchev–Trinajstić information content (AvgIpc) is 2.37. The molecule has 0 fully saturated rings. The van der Waals surface area contributed by atoms with Crippen LogP contribution in [0.25, 0.3) is 0 Å². The fraction of sp³-hybridized carbons (Fsp3) is 0.250. The molecule has 0 aliphatic carbocycles. The van der Waals surface area contributed by atoms with Crippen molar-refractivity contribution in [2.24, 2.45) is 0 Å². The van der Waals surface area contributed by atoms with Crippen molar-refractivity contribution in [3.63, 3.8) is 0 Å². The summed E-state index contributed by atoms with van der Waals surface area (Å²) < 4.78 is 0. The van der Waals surface area contributed by atoms with Crippen LogP contribution in [0.1, 0.15) is 27.2 Å². The van der Waals surface area contributed by atoms with Crippen LogP contribution in [0.4, 0.5) is 11.5 Å². The third-order valence-corrected chi connectivity index (χ3v) is 3.10. The molecule has 0 spiro atoms. The monoisotopic (exact) mass is 269 g/mol. The molecule has 0 aliphatic heterocycles. The summed E-state index contributed by atoms with van der Waals surface area (Å²) in [7, 11) is 1.86. The second kappa shape index (κ2) is 5.74. The van der Waals surface area contributed by atoms with E-state index in [1.165, 1.54) is 0 Å². The van der Waals surface area contributed by atoms with Gasteiger partial charge in [0.15, 0.2) is 0 Å². The molecule has 0 atom stereocenters. The summed E-state index contributed by atoms with van der Waals surface area (Å²) >= 11 is 0. The fourth-order valence-corrected chi connectivity index (χ4v) is 2.18. The van der Waals surface area contributed by atoms with Crippen LogP contribution in [0.2, 0.25) is 0 Å². The zero-order valence-electron chi connectivity index (χ0n) is 12.2. The van der Waals surface area contributed by atoms with Crippen molar-refractivity contribution in [2.75, 3.05) is 17.7 Å². The maximum Gasteiger partial charge on any atom is 0.256 e. The number of aromatic nitrogens is 1. The van der Waals surface area contributed by atoms with Gasteiger partial charge in [-0.3, -0.25) is 4.79 Å². The van der Waals surface area contributed by atoms with Crippen molar-refractivity contribution in [3.8, 4) is 0 Å². The van der Waals surface area contributed by atoms with Gasteiger partial charge in [0.05, 0.1) is 0 Å². The van der Waals surface area contributed by atoms with Crippen LogP contribution in [0.5, 0.6) is 0 Å². The highest BCUT2D eigenvalue weighted by atomic mass is 16.1. The Balaban J connectivity index is 2.21. The quantitative estimate of drug-likeness (QED) is 0.899. The highest BCUT2D eigenvalue weighted by molar-refractivity contribution is 6.04. The van der Waals surface area contributed by atoms with E-state index in [4.69, 9.17) is 0 Å². The standard InChI is InChI=1S/C16H19N3O/c1-10-7-12(3)18-15(8-10)19-16(20)13-5-6-14(17-4)11(2)9-13/h5-9,17H,1-4H3,(H,18,19,20). The van der Waals surface area contributed by atoms with Gasteiger partial charge in [0.25, 0.3) is 5.91 Å². The number of pyridine rings is 1. The molecule has 1 heterocycles. The van der Waals surface area contributed by atoms with E-state index in [2.05, 4.69) is 15.6 Å². The molecule has 0 unspecified atom stereocenters. The summed E-state index contributed by atoms with van der Waals surface area (Å²) in [5, 5.41) is 5.92. The second-order valence-corrected chi connectivity index (χ2v) is 4.90. The minimum absolute atomic E-state index is 0.145. The number of rotatable bonds is 3. The van der Waals surface area contributed by atoms with Crippen LogP contribution in [0.3, 0.4) is 0 Å². The van der Waals surface area contributed by atoms with Gasteiger partial charge in [0, 0.05) is 24.0 Å². The van der Waals surface area contributed by atoms with Crippen LogP contribution < -0.4 is 10.6 Å². The average molecular weight is 269 g/mol. The van der Waals surface area contributed by atoms with Gasteiger partial charge >= 0.3 is 0 Å². The number of carbonyl (C=O) groups is 1. The van der Waals surface area contributed by atoms with E-state index in [1.54, 1.807) is 6.07 Å². The molecule has 0 radical (unpaired) electrons. The summed E-state index contributed by atoms with van der Waals surface area (Å²) in [5.41, 5.74) is 4.65. The number of benzene rings is 1. The Morgan fingerprint density at radius 2 is 1.85 bits per heavy atom. The third kappa shape index (κ3) is 3.15. The van der Waals surface area contributed by atoms with Crippen molar-refractivity contribution in [1.29, 1.82) is 0 Å². The molecule has 0 saturated carbocycles. The zero-order chi connectivity index (χ0) is 14.7. The molecule has 20 heavy (non-hydrogen) atoms. The number of nitrogens with one attached hydrogen (secondary N) is 2. The number of hydrogen-bond donors (Lipinski definition) is 2. The summed E-state index contributed by atoms with van der Waals surface area (Å²) in [6.45, 7) is 5.86. The first-order valence-electron chi connectivity index (χ1n) is 6.54. The molecule has 0 aliphatic rings. The number of anilines is 2. The Kier molecular flexibility index (Phi) is 4.03. The third-order valence-electron chi connectivity index (χ3n) is 3.10. The first-order chi connectivity index (χ1) is 9.49. The molecule has 2 aromatic rings. The lowest BCUT2D eigenvalue weighted by molar-refractivity contribution is 0.102. The number of carbonyl (C=O) groups excluding carboxylic acids is 1. The van der Waals surface area contributed by atoms with Crippen LogP contribution >= 0.6 is 0 Å². The molecule has 0 saturated heterocycles. The van der Waals surface area contributed by atoms with E-state index < -0.39 is 0 Å². The number of aryl methyl sites for hydroxylation is 3. The molecule has 4 heteroatoms. The SMILES string of the molecule is CNc1ccc(C(=O)Nc2cc(C)cc(C)n2)cc1C. The maximum absolute atomic E-state index is 12.2. The molecule has 1 aromatic heterocycles. The van der Waals surface area contributed by atoms with E-state index in [-0.39, 0.29) is 5.91 Å². The number of amides is 1. The van der Waals surface area contributed by atoms with Gasteiger partial charge in [-0.1, -0.05) is 0 Å². The minimum Gasteiger partial charge on any atom is -0.388 e. The Hall–Kier alpha value is -2.36. The molecule has 2 N–H and O–H groups in total. The minimum atomic E-state index is -0.145. The molecule has 4 nitrogen and oxygen atoms in total. The predicted molar refractivity (Wildman–Crippen MR) is 82.4 cm³/mol. The van der Waals surface area contributed by atoms with Crippen molar-refractivity contribution >= 4 is 17.4 Å². The molecule has 0 bridgehead atoms. The smallest absolute Gasteiger partial charge is 0.256 e. The first kappa shape index (κ1) is 14.1. The second-order valence-electron chi connectivity index (χ2n) is 4.90. The molecule has 104 valence electrons. The molecule has 1 amide bonds. The lowest BCUT2D eigenvalue weighted by Crippen LogP contribution is -2.13. The molecular formula is C16H19N3O. The van der Waals surface area contributed by atoms with Crippen LogP contribution in [-0.2, 0) is 0 Å². The highest BCUT2D eigenvalue weighted by Gasteiger charge is 2.09. The molecule has 1 aromatic carbocycles. The Bertz CT molecular complexity index is 630. The maximum atomic E-state index is 12.2.